The topological polar surface area (TPSA) is 119 Å². The number of imide groups is 2. The van der Waals surface area contributed by atoms with E-state index in [1.165, 1.54) is 23.9 Å². The van der Waals surface area contributed by atoms with Crippen LogP contribution in [0.25, 0.3) is 0 Å². The van der Waals surface area contributed by atoms with Gasteiger partial charge in [-0.15, -0.1) is 0 Å². The first kappa shape index (κ1) is 19.6. The van der Waals surface area contributed by atoms with Crippen molar-refractivity contribution in [1.29, 1.82) is 0 Å². The van der Waals surface area contributed by atoms with Crippen LogP contribution in [0.4, 0.5) is 14.9 Å². The van der Waals surface area contributed by atoms with Gasteiger partial charge in [-0.1, -0.05) is 0 Å². The van der Waals surface area contributed by atoms with Crippen LogP contribution in [0.3, 0.4) is 0 Å². The van der Waals surface area contributed by atoms with Gasteiger partial charge in [0.25, 0.3) is 5.91 Å². The number of aliphatic imine (C=N–C) groups is 1. The molecule has 0 spiro atoms. The highest BCUT2D eigenvalue weighted by molar-refractivity contribution is 7.98. The third-order valence-corrected chi connectivity index (χ3v) is 4.21. The Morgan fingerprint density at radius 3 is 2.62 bits per heavy atom. The van der Waals surface area contributed by atoms with Gasteiger partial charge in [-0.25, -0.2) is 14.1 Å². The van der Waals surface area contributed by atoms with Gasteiger partial charge in [0.05, 0.1) is 17.7 Å². The van der Waals surface area contributed by atoms with Crippen molar-refractivity contribution in [2.24, 2.45) is 10.9 Å². The molecule has 1 aliphatic rings. The summed E-state index contributed by atoms with van der Waals surface area (Å²) in [6.45, 7) is 0. The normalized spacial score (nSPS) is 18.9. The highest BCUT2D eigenvalue weighted by Gasteiger charge is 2.40. The first-order chi connectivity index (χ1) is 12.3. The van der Waals surface area contributed by atoms with Gasteiger partial charge in [0.1, 0.15) is 5.82 Å². The predicted molar refractivity (Wildman–Crippen MR) is 91.2 cm³/mol. The number of hydrogen-bond donors (Lipinski definition) is 1. The molecule has 8 nitrogen and oxygen atoms in total. The molecule has 26 heavy (non-hydrogen) atoms. The molecule has 0 saturated carbocycles. The quantitative estimate of drug-likeness (QED) is 0.524. The van der Waals surface area contributed by atoms with Crippen LogP contribution in [0.15, 0.2) is 29.3 Å². The van der Waals surface area contributed by atoms with E-state index in [1.54, 1.807) is 6.26 Å². The molecule has 0 bridgehead atoms. The summed E-state index contributed by atoms with van der Waals surface area (Å²) >= 11 is 1.41. The standard InChI is InChI=1S/C16H16FN3O5S/c1-26-7-6-12(15(23)24)18-8-11-13(21)19-16(25)20(14(11)22)10-4-2-9(17)3-5-10/h2-5,8,11-12H,6-7H2,1H3,(H,23,24)(H,19,21,25)/p-1/t11?,12-/m1/s1. The van der Waals surface area contributed by atoms with Crippen molar-refractivity contribution in [3.05, 3.63) is 30.1 Å². The second kappa shape index (κ2) is 8.56. The minimum atomic E-state index is -1.48. The smallest absolute Gasteiger partial charge is 0.335 e. The van der Waals surface area contributed by atoms with Crippen LogP contribution in [-0.2, 0) is 14.4 Å². The Morgan fingerprint density at radius 1 is 1.38 bits per heavy atom. The van der Waals surface area contributed by atoms with Gasteiger partial charge in [-0.2, -0.15) is 11.8 Å². The van der Waals surface area contributed by atoms with E-state index in [1.807, 2.05) is 5.32 Å². The molecular formula is C16H15FN3O5S-. The Hall–Kier alpha value is -2.75. The van der Waals surface area contributed by atoms with Crippen LogP contribution in [0.1, 0.15) is 6.42 Å². The lowest BCUT2D eigenvalue weighted by atomic mass is 10.1. The van der Waals surface area contributed by atoms with Gasteiger partial charge in [0.15, 0.2) is 5.92 Å². The second-order valence-electron chi connectivity index (χ2n) is 5.34. The van der Waals surface area contributed by atoms with E-state index in [0.717, 1.165) is 18.3 Å². The van der Waals surface area contributed by atoms with Crippen LogP contribution in [0, 0.1) is 11.7 Å². The molecule has 1 aromatic carbocycles. The molecule has 1 unspecified atom stereocenters. The Balaban J connectivity index is 2.24. The zero-order valence-electron chi connectivity index (χ0n) is 13.7. The molecule has 1 aliphatic heterocycles. The van der Waals surface area contributed by atoms with E-state index in [9.17, 15) is 28.7 Å². The lowest BCUT2D eigenvalue weighted by Crippen LogP contribution is -2.58. The monoisotopic (exact) mass is 380 g/mol. The number of rotatable bonds is 7. The Labute approximate surface area is 152 Å². The van der Waals surface area contributed by atoms with E-state index in [4.69, 9.17) is 0 Å². The van der Waals surface area contributed by atoms with E-state index < -0.39 is 41.6 Å². The molecule has 10 heteroatoms. The van der Waals surface area contributed by atoms with Crippen molar-refractivity contribution in [3.8, 4) is 0 Å². The molecule has 0 radical (unpaired) electrons. The zero-order valence-corrected chi connectivity index (χ0v) is 14.5. The number of hydrogen-bond acceptors (Lipinski definition) is 7. The number of barbiturate groups is 1. The summed E-state index contributed by atoms with van der Waals surface area (Å²) in [6.07, 6.45) is 2.87. The maximum absolute atomic E-state index is 13.0. The predicted octanol–water partition coefficient (Wildman–Crippen LogP) is -0.0329. The van der Waals surface area contributed by atoms with Gasteiger partial charge in [-0.3, -0.25) is 19.9 Å². The second-order valence-corrected chi connectivity index (χ2v) is 6.32. The van der Waals surface area contributed by atoms with Gasteiger partial charge >= 0.3 is 6.03 Å². The minimum Gasteiger partial charge on any atom is -0.548 e. The number of carbonyl (C=O) groups is 4. The number of carboxylic acid groups (broad SMARTS) is 1. The number of urea groups is 1. The summed E-state index contributed by atoms with van der Waals surface area (Å²) in [4.78, 5) is 52.0. The summed E-state index contributed by atoms with van der Waals surface area (Å²) in [5.74, 6) is -4.78. The average Bonchev–Trinajstić information content (AvgIpc) is 2.58. The highest BCUT2D eigenvalue weighted by Crippen LogP contribution is 2.20. The molecule has 0 aromatic heterocycles. The number of carbonyl (C=O) groups excluding carboxylic acids is 4. The first-order valence-electron chi connectivity index (χ1n) is 7.52. The lowest BCUT2D eigenvalue weighted by Gasteiger charge is -2.28. The lowest BCUT2D eigenvalue weighted by molar-refractivity contribution is -0.307. The van der Waals surface area contributed by atoms with Crippen molar-refractivity contribution in [2.45, 2.75) is 12.5 Å². The minimum absolute atomic E-state index is 0.0682. The van der Waals surface area contributed by atoms with E-state index >= 15 is 0 Å². The molecule has 1 fully saturated rings. The number of thioether (sulfide) groups is 1. The highest BCUT2D eigenvalue weighted by atomic mass is 32.2. The van der Waals surface area contributed by atoms with Crippen LogP contribution >= 0.6 is 11.8 Å². The SMILES string of the molecule is CSCC[C@@H](N=CC1C(=O)NC(=O)N(c2ccc(F)cc2)C1=O)C(=O)[O-]. The van der Waals surface area contributed by atoms with Crippen LogP contribution < -0.4 is 15.3 Å². The Morgan fingerprint density at radius 2 is 2.04 bits per heavy atom. The van der Waals surface area contributed by atoms with E-state index in [2.05, 4.69) is 4.99 Å². The molecule has 1 N–H and O–H groups in total. The van der Waals surface area contributed by atoms with Gasteiger partial charge < -0.3 is 9.90 Å². The van der Waals surface area contributed by atoms with Crippen molar-refractivity contribution in [1.82, 2.24) is 5.32 Å². The number of halogens is 1. The average molecular weight is 380 g/mol. The number of amides is 4. The summed E-state index contributed by atoms with van der Waals surface area (Å²) in [6, 6.07) is 2.35. The third kappa shape index (κ3) is 4.45. The van der Waals surface area contributed by atoms with Gasteiger partial charge in [-0.05, 0) is 42.7 Å². The Kier molecular flexibility index (Phi) is 6.45. The molecule has 0 aliphatic carbocycles. The summed E-state index contributed by atoms with van der Waals surface area (Å²) in [7, 11) is 0. The van der Waals surface area contributed by atoms with Crippen LogP contribution in [0.5, 0.6) is 0 Å². The molecule has 138 valence electrons. The summed E-state index contributed by atoms with van der Waals surface area (Å²) in [5, 5.41) is 13.1. The van der Waals surface area contributed by atoms with Gasteiger partial charge in [0.2, 0.25) is 5.91 Å². The molecule has 4 amide bonds. The van der Waals surface area contributed by atoms with E-state index in [0.29, 0.717) is 10.7 Å². The van der Waals surface area contributed by atoms with Crippen LogP contribution in [0.2, 0.25) is 0 Å². The fraction of sp³-hybridized carbons (Fsp3) is 0.312. The summed E-state index contributed by atoms with van der Waals surface area (Å²) in [5.41, 5.74) is 0.0682. The maximum atomic E-state index is 13.0. The van der Waals surface area contributed by atoms with Crippen molar-refractivity contribution in [3.63, 3.8) is 0 Å². The number of aliphatic carboxylic acids is 1. The number of nitrogens with one attached hydrogen (secondary N) is 1. The summed E-state index contributed by atoms with van der Waals surface area (Å²) < 4.78 is 13.0. The number of anilines is 1. The number of benzene rings is 1. The number of carboxylic acids is 1. The van der Waals surface area contributed by atoms with Crippen molar-refractivity contribution >= 4 is 47.5 Å². The maximum Gasteiger partial charge on any atom is 0.335 e. The van der Waals surface area contributed by atoms with Crippen LogP contribution in [-0.4, -0.2) is 48.1 Å². The molecule has 1 aromatic rings. The number of nitrogens with zero attached hydrogens (tertiary/aromatic N) is 2. The zero-order chi connectivity index (χ0) is 19.3. The fourth-order valence-electron chi connectivity index (χ4n) is 2.23. The molecule has 1 heterocycles. The largest absolute Gasteiger partial charge is 0.548 e. The van der Waals surface area contributed by atoms with Crippen molar-refractivity contribution < 1.29 is 28.7 Å². The van der Waals surface area contributed by atoms with Crippen molar-refractivity contribution in [2.75, 3.05) is 16.9 Å². The molecule has 1 saturated heterocycles. The first-order valence-corrected chi connectivity index (χ1v) is 8.92. The molecule has 2 atom stereocenters. The molecular weight excluding hydrogens is 365 g/mol. The Bertz CT molecular complexity index is 753. The third-order valence-electron chi connectivity index (χ3n) is 3.57. The fourth-order valence-corrected chi connectivity index (χ4v) is 2.69. The molecule has 2 rings (SSSR count). The van der Waals surface area contributed by atoms with E-state index in [-0.39, 0.29) is 12.1 Å². The van der Waals surface area contributed by atoms with Gasteiger partial charge in [0, 0.05) is 6.21 Å².